The zero-order valence-electron chi connectivity index (χ0n) is 10.7. The predicted octanol–water partition coefficient (Wildman–Crippen LogP) is 2.23. The molecule has 0 unspecified atom stereocenters. The standard InChI is InChI=1S/C15H9N2O4/c18-13-9-5-1-2-6-10(9)14(19)17(16-13)12-8-4-3-7-11(12)15(20)21/h1-8H,(H,20,21). The lowest BCUT2D eigenvalue weighted by Crippen LogP contribution is -2.23. The Kier molecular flexibility index (Phi) is 2.91. The summed E-state index contributed by atoms with van der Waals surface area (Å²) >= 11 is 0. The zero-order chi connectivity index (χ0) is 15.0. The predicted molar refractivity (Wildman–Crippen MR) is 74.4 cm³/mol. The molecule has 0 aliphatic heterocycles. The van der Waals surface area contributed by atoms with E-state index < -0.39 is 17.4 Å². The van der Waals surface area contributed by atoms with E-state index in [0.717, 1.165) is 4.68 Å². The number of carbonyl (C=O) groups is 1. The number of carboxylic acid groups (broad SMARTS) is 1. The summed E-state index contributed by atoms with van der Waals surface area (Å²) in [6.45, 7) is 0. The Morgan fingerprint density at radius 1 is 1.00 bits per heavy atom. The zero-order valence-corrected chi connectivity index (χ0v) is 10.7. The van der Waals surface area contributed by atoms with E-state index in [1.54, 1.807) is 18.2 Å². The third-order valence-electron chi connectivity index (χ3n) is 3.13. The van der Waals surface area contributed by atoms with Crippen molar-refractivity contribution in [3.8, 4) is 11.6 Å². The number of benzene rings is 2. The van der Waals surface area contributed by atoms with E-state index in [0.29, 0.717) is 0 Å². The average Bonchev–Trinajstić information content (AvgIpc) is 2.51. The second kappa shape index (κ2) is 4.75. The minimum atomic E-state index is -1.19. The van der Waals surface area contributed by atoms with E-state index in [1.807, 2.05) is 0 Å². The molecule has 0 amide bonds. The quantitative estimate of drug-likeness (QED) is 0.779. The molecule has 0 saturated heterocycles. The molecule has 103 valence electrons. The van der Waals surface area contributed by atoms with Gasteiger partial charge in [-0.1, -0.05) is 24.3 Å². The van der Waals surface area contributed by atoms with Crippen LogP contribution in [0.15, 0.2) is 53.3 Å². The van der Waals surface area contributed by atoms with E-state index >= 15 is 0 Å². The Morgan fingerprint density at radius 2 is 1.62 bits per heavy atom. The molecule has 3 rings (SSSR count). The summed E-state index contributed by atoms with van der Waals surface area (Å²) in [5.41, 5.74) is -0.557. The summed E-state index contributed by atoms with van der Waals surface area (Å²) in [5, 5.41) is 25.3. The molecule has 21 heavy (non-hydrogen) atoms. The normalized spacial score (nSPS) is 10.7. The second-order valence-electron chi connectivity index (χ2n) is 4.39. The van der Waals surface area contributed by atoms with Gasteiger partial charge in [0.25, 0.3) is 11.4 Å². The number of para-hydroxylation sites is 1. The monoisotopic (exact) mass is 281 g/mol. The van der Waals surface area contributed by atoms with Gasteiger partial charge >= 0.3 is 5.97 Å². The summed E-state index contributed by atoms with van der Waals surface area (Å²) in [6, 6.07) is 12.2. The summed E-state index contributed by atoms with van der Waals surface area (Å²) < 4.78 is 0.841. The lowest BCUT2D eigenvalue weighted by molar-refractivity contribution is 0.0696. The highest BCUT2D eigenvalue weighted by atomic mass is 16.4. The number of fused-ring (bicyclic) bond motifs is 1. The average molecular weight is 281 g/mol. The van der Waals surface area contributed by atoms with E-state index in [4.69, 9.17) is 0 Å². The summed E-state index contributed by atoms with van der Waals surface area (Å²) in [6.07, 6.45) is 0. The van der Waals surface area contributed by atoms with Crippen molar-refractivity contribution in [2.24, 2.45) is 0 Å². The smallest absolute Gasteiger partial charge is 0.337 e. The van der Waals surface area contributed by atoms with Crippen LogP contribution in [0.2, 0.25) is 0 Å². The molecule has 6 heteroatoms. The molecule has 1 aromatic heterocycles. The fraction of sp³-hybridized carbons (Fsp3) is 0. The van der Waals surface area contributed by atoms with Gasteiger partial charge in [0.1, 0.15) is 0 Å². The van der Waals surface area contributed by atoms with Gasteiger partial charge in [0.15, 0.2) is 0 Å². The molecular formula is C15H9N2O4. The van der Waals surface area contributed by atoms with Crippen LogP contribution in [0.3, 0.4) is 0 Å². The molecule has 0 bridgehead atoms. The number of hydrogen-bond acceptors (Lipinski definition) is 3. The first-order chi connectivity index (χ1) is 10.1. The highest BCUT2D eigenvalue weighted by Gasteiger charge is 2.16. The molecule has 0 saturated carbocycles. The van der Waals surface area contributed by atoms with Crippen LogP contribution in [0.25, 0.3) is 16.5 Å². The van der Waals surface area contributed by atoms with Crippen molar-refractivity contribution < 1.29 is 15.0 Å². The van der Waals surface area contributed by atoms with Crippen LogP contribution in [0, 0.1) is 0 Å². The van der Waals surface area contributed by atoms with Gasteiger partial charge in [0.05, 0.1) is 22.0 Å². The van der Waals surface area contributed by atoms with Crippen molar-refractivity contribution >= 4 is 16.7 Å². The fourth-order valence-corrected chi connectivity index (χ4v) is 2.16. The first-order valence-corrected chi connectivity index (χ1v) is 6.11. The molecule has 0 fully saturated rings. The highest BCUT2D eigenvalue weighted by Crippen LogP contribution is 2.21. The molecule has 0 spiro atoms. The Hall–Kier alpha value is -3.15. The Morgan fingerprint density at radius 3 is 2.33 bits per heavy atom. The molecule has 0 aliphatic carbocycles. The van der Waals surface area contributed by atoms with Gasteiger partial charge in [-0.15, -0.1) is 5.10 Å². The lowest BCUT2D eigenvalue weighted by atomic mass is 10.1. The maximum absolute atomic E-state index is 12.4. The minimum Gasteiger partial charge on any atom is -0.478 e. The third kappa shape index (κ3) is 2.02. The van der Waals surface area contributed by atoms with Crippen LogP contribution >= 0.6 is 0 Å². The van der Waals surface area contributed by atoms with Gasteiger partial charge in [-0.3, -0.25) is 9.90 Å². The van der Waals surface area contributed by atoms with Crippen molar-refractivity contribution in [1.82, 2.24) is 9.78 Å². The summed E-state index contributed by atoms with van der Waals surface area (Å²) in [4.78, 5) is 23.7. The maximum atomic E-state index is 12.4. The Balaban J connectivity index is 2.40. The van der Waals surface area contributed by atoms with Crippen molar-refractivity contribution in [1.29, 1.82) is 0 Å². The van der Waals surface area contributed by atoms with Crippen LogP contribution in [0.4, 0.5) is 0 Å². The van der Waals surface area contributed by atoms with E-state index in [1.165, 1.54) is 30.3 Å². The van der Waals surface area contributed by atoms with Crippen LogP contribution in [0.1, 0.15) is 10.4 Å². The number of aromatic nitrogens is 2. The minimum absolute atomic E-state index is 0.0675. The largest absolute Gasteiger partial charge is 0.478 e. The highest BCUT2D eigenvalue weighted by molar-refractivity contribution is 5.92. The van der Waals surface area contributed by atoms with Gasteiger partial charge in [0.2, 0.25) is 0 Å². The topological polar surface area (TPSA) is 92.1 Å². The maximum Gasteiger partial charge on any atom is 0.337 e. The van der Waals surface area contributed by atoms with Crippen LogP contribution in [0.5, 0.6) is 5.88 Å². The number of rotatable bonds is 2. The van der Waals surface area contributed by atoms with Crippen LogP contribution in [-0.4, -0.2) is 20.9 Å². The number of carboxylic acids is 1. The summed E-state index contributed by atoms with van der Waals surface area (Å²) in [7, 11) is 0. The van der Waals surface area contributed by atoms with Gasteiger partial charge < -0.3 is 5.11 Å². The number of aromatic carboxylic acids is 1. The fourth-order valence-electron chi connectivity index (χ4n) is 2.16. The van der Waals surface area contributed by atoms with Crippen molar-refractivity contribution in [2.45, 2.75) is 0 Å². The number of nitrogens with zero attached hydrogens (tertiary/aromatic N) is 2. The molecule has 3 aromatic rings. The lowest BCUT2D eigenvalue weighted by Gasteiger charge is -2.09. The van der Waals surface area contributed by atoms with Crippen molar-refractivity contribution in [3.63, 3.8) is 0 Å². The molecule has 2 aromatic carbocycles. The molecule has 0 aliphatic rings. The van der Waals surface area contributed by atoms with E-state index in [9.17, 15) is 19.8 Å². The van der Waals surface area contributed by atoms with Crippen molar-refractivity contribution in [2.75, 3.05) is 0 Å². The molecule has 1 N–H and O–H groups in total. The third-order valence-corrected chi connectivity index (χ3v) is 3.13. The second-order valence-corrected chi connectivity index (χ2v) is 4.39. The van der Waals surface area contributed by atoms with Gasteiger partial charge in [0, 0.05) is 0 Å². The van der Waals surface area contributed by atoms with Crippen LogP contribution in [-0.2, 0) is 5.11 Å². The molecular weight excluding hydrogens is 272 g/mol. The molecule has 6 nitrogen and oxygen atoms in total. The van der Waals surface area contributed by atoms with E-state index in [2.05, 4.69) is 5.10 Å². The summed E-state index contributed by atoms with van der Waals surface area (Å²) in [5.74, 6) is -1.77. The molecule has 1 heterocycles. The van der Waals surface area contributed by atoms with Gasteiger partial charge in [-0.25, -0.2) is 4.79 Å². The van der Waals surface area contributed by atoms with Gasteiger partial charge in [-0.2, -0.15) is 4.68 Å². The first kappa shape index (κ1) is 12.9. The van der Waals surface area contributed by atoms with Crippen LogP contribution < -0.4 is 5.56 Å². The van der Waals surface area contributed by atoms with E-state index in [-0.39, 0.29) is 22.0 Å². The SMILES string of the molecule is [O]c1nn(-c2ccccc2C(=O)O)c(=O)c2ccccc12. The Bertz CT molecular complexity index is 915. The van der Waals surface area contributed by atoms with Gasteiger partial charge in [-0.05, 0) is 24.3 Å². The van der Waals surface area contributed by atoms with Crippen molar-refractivity contribution in [3.05, 3.63) is 64.4 Å². The molecule has 0 atom stereocenters. The Labute approximate surface area is 118 Å². The molecule has 1 radical (unpaired) electrons. The number of hydrogen-bond donors (Lipinski definition) is 1. The first-order valence-electron chi connectivity index (χ1n) is 6.11.